The minimum Gasteiger partial charge on any atom is -0.353 e. The number of nitrogens with one attached hydrogen (secondary N) is 2. The van der Waals surface area contributed by atoms with E-state index in [-0.39, 0.29) is 11.9 Å². The molecule has 0 aromatic rings. The lowest BCUT2D eigenvalue weighted by atomic mass is 10.0. The number of carbonyl (C=O) groups excluding carboxylic acids is 2. The van der Waals surface area contributed by atoms with Crippen molar-refractivity contribution in [2.24, 2.45) is 5.92 Å². The summed E-state index contributed by atoms with van der Waals surface area (Å²) in [6.07, 6.45) is 5.40. The summed E-state index contributed by atoms with van der Waals surface area (Å²) >= 11 is 0. The standard InChI is InChI=1S/C16H29N3O2/c1-12(2)17-9-3-4-15(20)18-14-7-10-19(11-8-14)16(21)13-5-6-13/h12-14,17H,3-11H2,1-2H3,(H,18,20). The smallest absolute Gasteiger partial charge is 0.225 e. The van der Waals surface area contributed by atoms with E-state index in [4.69, 9.17) is 0 Å². The van der Waals surface area contributed by atoms with Crippen LogP contribution in [0.1, 0.15) is 52.4 Å². The number of hydrogen-bond acceptors (Lipinski definition) is 3. The van der Waals surface area contributed by atoms with Crippen LogP contribution >= 0.6 is 0 Å². The molecule has 0 aromatic carbocycles. The summed E-state index contributed by atoms with van der Waals surface area (Å²) in [6.45, 7) is 6.71. The van der Waals surface area contributed by atoms with Gasteiger partial charge in [0.05, 0.1) is 0 Å². The van der Waals surface area contributed by atoms with Crippen molar-refractivity contribution in [1.29, 1.82) is 0 Å². The Morgan fingerprint density at radius 1 is 1.14 bits per heavy atom. The topological polar surface area (TPSA) is 61.4 Å². The molecular formula is C16H29N3O2. The first-order chi connectivity index (χ1) is 10.1. The summed E-state index contributed by atoms with van der Waals surface area (Å²) in [6, 6.07) is 0.722. The summed E-state index contributed by atoms with van der Waals surface area (Å²) in [7, 11) is 0. The van der Waals surface area contributed by atoms with Crippen LogP contribution in [-0.2, 0) is 9.59 Å². The number of carbonyl (C=O) groups is 2. The third-order valence-electron chi connectivity index (χ3n) is 4.23. The first-order valence-corrected chi connectivity index (χ1v) is 8.38. The molecule has 0 spiro atoms. The maximum atomic E-state index is 12.0. The molecule has 2 rings (SSSR count). The van der Waals surface area contributed by atoms with Crippen molar-refractivity contribution in [3.8, 4) is 0 Å². The lowest BCUT2D eigenvalue weighted by Gasteiger charge is -2.32. The van der Waals surface area contributed by atoms with Crippen molar-refractivity contribution >= 4 is 11.8 Å². The van der Waals surface area contributed by atoms with Crippen molar-refractivity contribution < 1.29 is 9.59 Å². The van der Waals surface area contributed by atoms with E-state index in [0.29, 0.717) is 24.3 Å². The van der Waals surface area contributed by atoms with Gasteiger partial charge in [-0.3, -0.25) is 9.59 Å². The Kier molecular flexibility index (Phi) is 6.03. The van der Waals surface area contributed by atoms with E-state index in [1.165, 1.54) is 0 Å². The average Bonchev–Trinajstić information content (AvgIpc) is 3.28. The van der Waals surface area contributed by atoms with Crippen LogP contribution in [0.3, 0.4) is 0 Å². The molecule has 1 saturated carbocycles. The minimum atomic E-state index is 0.146. The molecule has 120 valence electrons. The number of likely N-dealkylation sites (tertiary alicyclic amines) is 1. The maximum absolute atomic E-state index is 12.0. The van der Waals surface area contributed by atoms with E-state index in [1.54, 1.807) is 0 Å². The predicted octanol–water partition coefficient (Wildman–Crippen LogP) is 1.28. The third kappa shape index (κ3) is 5.65. The van der Waals surface area contributed by atoms with Gasteiger partial charge in [-0.15, -0.1) is 0 Å². The molecule has 5 nitrogen and oxygen atoms in total. The second-order valence-electron chi connectivity index (χ2n) is 6.65. The minimum absolute atomic E-state index is 0.146. The van der Waals surface area contributed by atoms with Crippen LogP contribution in [0.4, 0.5) is 0 Å². The lowest BCUT2D eigenvalue weighted by Crippen LogP contribution is -2.47. The van der Waals surface area contributed by atoms with Crippen molar-refractivity contribution in [3.05, 3.63) is 0 Å². The highest BCUT2D eigenvalue weighted by Crippen LogP contribution is 2.31. The van der Waals surface area contributed by atoms with Crippen LogP contribution in [0.15, 0.2) is 0 Å². The molecule has 0 aromatic heterocycles. The fourth-order valence-corrected chi connectivity index (χ4v) is 2.77. The van der Waals surface area contributed by atoms with E-state index in [2.05, 4.69) is 24.5 Å². The fourth-order valence-electron chi connectivity index (χ4n) is 2.77. The molecule has 1 saturated heterocycles. The number of hydrogen-bond donors (Lipinski definition) is 2. The van der Waals surface area contributed by atoms with Crippen molar-refractivity contribution in [3.63, 3.8) is 0 Å². The van der Waals surface area contributed by atoms with E-state index in [1.807, 2.05) is 4.90 Å². The Morgan fingerprint density at radius 2 is 1.81 bits per heavy atom. The molecule has 2 aliphatic rings. The van der Waals surface area contributed by atoms with Crippen LogP contribution < -0.4 is 10.6 Å². The van der Waals surface area contributed by atoms with Gasteiger partial charge in [-0.25, -0.2) is 0 Å². The van der Waals surface area contributed by atoms with Crippen LogP contribution in [0.25, 0.3) is 0 Å². The van der Waals surface area contributed by atoms with Gasteiger partial charge in [-0.1, -0.05) is 13.8 Å². The highest BCUT2D eigenvalue weighted by Gasteiger charge is 2.34. The lowest BCUT2D eigenvalue weighted by molar-refractivity contribution is -0.133. The summed E-state index contributed by atoms with van der Waals surface area (Å²) in [4.78, 5) is 25.8. The Morgan fingerprint density at radius 3 is 2.38 bits per heavy atom. The van der Waals surface area contributed by atoms with Gasteiger partial charge in [-0.2, -0.15) is 0 Å². The molecule has 1 aliphatic carbocycles. The van der Waals surface area contributed by atoms with Gasteiger partial charge in [-0.05, 0) is 38.6 Å². The molecule has 2 amide bonds. The molecule has 5 heteroatoms. The van der Waals surface area contributed by atoms with Gasteiger partial charge in [0.15, 0.2) is 0 Å². The molecule has 0 bridgehead atoms. The van der Waals surface area contributed by atoms with Crippen molar-refractivity contribution in [1.82, 2.24) is 15.5 Å². The largest absolute Gasteiger partial charge is 0.353 e. The number of rotatable bonds is 7. The molecular weight excluding hydrogens is 266 g/mol. The highest BCUT2D eigenvalue weighted by molar-refractivity contribution is 5.81. The zero-order chi connectivity index (χ0) is 15.2. The number of nitrogens with zero attached hydrogens (tertiary/aromatic N) is 1. The first-order valence-electron chi connectivity index (χ1n) is 8.38. The van der Waals surface area contributed by atoms with Crippen molar-refractivity contribution in [2.75, 3.05) is 19.6 Å². The summed E-state index contributed by atoms with van der Waals surface area (Å²) in [5.41, 5.74) is 0. The summed E-state index contributed by atoms with van der Waals surface area (Å²) in [5.74, 6) is 0.789. The molecule has 2 fully saturated rings. The monoisotopic (exact) mass is 295 g/mol. The molecule has 0 unspecified atom stereocenters. The van der Waals surface area contributed by atoms with Gasteiger partial charge >= 0.3 is 0 Å². The van der Waals surface area contributed by atoms with E-state index in [9.17, 15) is 9.59 Å². The first kappa shape index (κ1) is 16.3. The van der Waals surface area contributed by atoms with Gasteiger partial charge in [0.25, 0.3) is 0 Å². The molecule has 0 radical (unpaired) electrons. The molecule has 21 heavy (non-hydrogen) atoms. The van der Waals surface area contributed by atoms with Gasteiger partial charge in [0.1, 0.15) is 0 Å². The molecule has 1 heterocycles. The molecule has 1 aliphatic heterocycles. The fraction of sp³-hybridized carbons (Fsp3) is 0.875. The van der Waals surface area contributed by atoms with Crippen LogP contribution in [0.2, 0.25) is 0 Å². The average molecular weight is 295 g/mol. The Labute approximate surface area is 127 Å². The van der Waals surface area contributed by atoms with Crippen molar-refractivity contribution in [2.45, 2.75) is 64.5 Å². The number of amides is 2. The SMILES string of the molecule is CC(C)NCCCC(=O)NC1CCN(C(=O)C2CC2)CC1. The third-order valence-corrected chi connectivity index (χ3v) is 4.23. The Bertz CT molecular complexity index is 359. The summed E-state index contributed by atoms with van der Waals surface area (Å²) in [5, 5.41) is 6.42. The van der Waals surface area contributed by atoms with Gasteiger partial charge in [0.2, 0.25) is 11.8 Å². The molecule has 2 N–H and O–H groups in total. The van der Waals surface area contributed by atoms with E-state index >= 15 is 0 Å². The highest BCUT2D eigenvalue weighted by atomic mass is 16.2. The van der Waals surface area contributed by atoms with Gasteiger partial charge in [0, 0.05) is 37.5 Å². The normalized spacial score (nSPS) is 19.9. The second kappa shape index (κ2) is 7.78. The van der Waals surface area contributed by atoms with Gasteiger partial charge < -0.3 is 15.5 Å². The van der Waals surface area contributed by atoms with E-state index < -0.39 is 0 Å². The quantitative estimate of drug-likeness (QED) is 0.696. The van der Waals surface area contributed by atoms with Crippen LogP contribution in [0.5, 0.6) is 0 Å². The maximum Gasteiger partial charge on any atom is 0.225 e. The second-order valence-corrected chi connectivity index (χ2v) is 6.65. The Balaban J connectivity index is 1.57. The zero-order valence-corrected chi connectivity index (χ0v) is 13.4. The predicted molar refractivity (Wildman–Crippen MR) is 82.8 cm³/mol. The number of piperidine rings is 1. The zero-order valence-electron chi connectivity index (χ0n) is 13.4. The van der Waals surface area contributed by atoms with Crippen LogP contribution in [0, 0.1) is 5.92 Å². The van der Waals surface area contributed by atoms with E-state index in [0.717, 1.165) is 51.7 Å². The summed E-state index contributed by atoms with van der Waals surface area (Å²) < 4.78 is 0. The van der Waals surface area contributed by atoms with Crippen LogP contribution in [-0.4, -0.2) is 48.4 Å². The Hall–Kier alpha value is -1.10. The molecule has 0 atom stereocenters.